The summed E-state index contributed by atoms with van der Waals surface area (Å²) in [5, 5.41) is 9.72. The van der Waals surface area contributed by atoms with Crippen LogP contribution in [0.5, 0.6) is 0 Å². The summed E-state index contributed by atoms with van der Waals surface area (Å²) in [7, 11) is 1.53. The van der Waals surface area contributed by atoms with Crippen LogP contribution in [0.3, 0.4) is 0 Å². The van der Waals surface area contributed by atoms with E-state index in [4.69, 9.17) is 9.90 Å². The molecular weight excluding hydrogens is 150 g/mol. The first-order valence-corrected chi connectivity index (χ1v) is 3.08. The lowest BCUT2D eigenvalue weighted by molar-refractivity contribution is -0.134. The lowest BCUT2D eigenvalue weighted by atomic mass is 10.9. The average Bonchev–Trinajstić information content (AvgIpc) is 1.87. The fraction of sp³-hybridized carbons (Fsp3) is 0.667. The van der Waals surface area contributed by atoms with Crippen LogP contribution >= 0.6 is 0 Å². The number of amides is 1. The molecule has 0 saturated heterocycles. The Bertz CT molecular complexity index is 120. The molecule has 0 fully saturated rings. The van der Waals surface area contributed by atoms with Gasteiger partial charge >= 0.3 is 6.09 Å². The van der Waals surface area contributed by atoms with Crippen LogP contribution in [-0.4, -0.2) is 30.8 Å². The summed E-state index contributed by atoms with van der Waals surface area (Å²) < 4.78 is 4.44. The standard InChI is InChI=1S/C4H9NO2.C2H4O2/c1-3-7-4(6)5-2;1-2(3)4/h3H2,1-2H3,(H,5,6);1H3,(H,3,4). The fourth-order valence-corrected chi connectivity index (χ4v) is 0.203. The van der Waals surface area contributed by atoms with E-state index in [1.165, 1.54) is 7.05 Å². The highest BCUT2D eigenvalue weighted by atomic mass is 16.5. The molecule has 0 spiro atoms. The third kappa shape index (κ3) is 28.4. The molecule has 0 saturated carbocycles. The summed E-state index contributed by atoms with van der Waals surface area (Å²) in [5.41, 5.74) is 0. The van der Waals surface area contributed by atoms with Gasteiger partial charge in [-0.25, -0.2) is 4.79 Å². The molecule has 0 atom stereocenters. The van der Waals surface area contributed by atoms with Crippen LogP contribution in [0.25, 0.3) is 0 Å². The molecule has 0 aromatic heterocycles. The van der Waals surface area contributed by atoms with E-state index < -0.39 is 5.97 Å². The molecule has 5 nitrogen and oxygen atoms in total. The van der Waals surface area contributed by atoms with Gasteiger partial charge in [0.15, 0.2) is 0 Å². The van der Waals surface area contributed by atoms with Crippen LogP contribution in [0.15, 0.2) is 0 Å². The van der Waals surface area contributed by atoms with E-state index in [0.29, 0.717) is 6.61 Å². The molecule has 1 amide bonds. The van der Waals surface area contributed by atoms with Gasteiger partial charge in [0.1, 0.15) is 0 Å². The SMILES string of the molecule is CC(=O)O.CCOC(=O)NC. The van der Waals surface area contributed by atoms with Crippen LogP contribution in [0.4, 0.5) is 4.79 Å². The zero-order valence-corrected chi connectivity index (χ0v) is 6.88. The van der Waals surface area contributed by atoms with Gasteiger partial charge in [0.2, 0.25) is 0 Å². The Morgan fingerprint density at radius 2 is 1.91 bits per heavy atom. The lowest BCUT2D eigenvalue weighted by Gasteiger charge is -1.95. The number of hydrogen-bond donors (Lipinski definition) is 2. The van der Waals surface area contributed by atoms with E-state index in [1.54, 1.807) is 6.92 Å². The Balaban J connectivity index is 0. The molecule has 0 aliphatic heterocycles. The molecule has 0 heterocycles. The quantitative estimate of drug-likeness (QED) is 0.588. The highest BCUT2D eigenvalue weighted by Crippen LogP contribution is 1.70. The van der Waals surface area contributed by atoms with E-state index >= 15 is 0 Å². The first kappa shape index (κ1) is 12.4. The molecule has 66 valence electrons. The van der Waals surface area contributed by atoms with Crippen LogP contribution in [0.1, 0.15) is 13.8 Å². The second-order valence-corrected chi connectivity index (χ2v) is 1.49. The minimum absolute atomic E-state index is 0.373. The van der Waals surface area contributed by atoms with Crippen molar-refractivity contribution in [3.8, 4) is 0 Å². The Morgan fingerprint density at radius 3 is 2.00 bits per heavy atom. The molecule has 0 aliphatic rings. The van der Waals surface area contributed by atoms with Crippen molar-refractivity contribution in [3.63, 3.8) is 0 Å². The average molecular weight is 163 g/mol. The maximum atomic E-state index is 10.1. The number of carbonyl (C=O) groups is 2. The number of aliphatic carboxylic acids is 1. The van der Waals surface area contributed by atoms with E-state index in [2.05, 4.69) is 10.1 Å². The van der Waals surface area contributed by atoms with Gasteiger partial charge in [0.25, 0.3) is 5.97 Å². The summed E-state index contributed by atoms with van der Waals surface area (Å²) >= 11 is 0. The summed E-state index contributed by atoms with van der Waals surface area (Å²) in [4.78, 5) is 19.1. The molecule has 0 bridgehead atoms. The number of carboxylic acid groups (broad SMARTS) is 1. The third-order valence-electron chi connectivity index (χ3n) is 0.480. The molecule has 2 N–H and O–H groups in total. The highest BCUT2D eigenvalue weighted by molar-refractivity contribution is 5.66. The first-order chi connectivity index (χ1) is 5.04. The summed E-state index contributed by atoms with van der Waals surface area (Å²) in [6.07, 6.45) is -0.373. The smallest absolute Gasteiger partial charge is 0.406 e. The molecule has 0 radical (unpaired) electrons. The first-order valence-electron chi connectivity index (χ1n) is 3.08. The van der Waals surface area contributed by atoms with Crippen molar-refractivity contribution >= 4 is 12.1 Å². The molecule has 0 aliphatic carbocycles. The van der Waals surface area contributed by atoms with Gasteiger partial charge in [-0.2, -0.15) is 0 Å². The van der Waals surface area contributed by atoms with Crippen molar-refractivity contribution in [2.45, 2.75) is 13.8 Å². The van der Waals surface area contributed by atoms with Crippen LogP contribution < -0.4 is 5.32 Å². The Morgan fingerprint density at radius 1 is 1.55 bits per heavy atom. The number of rotatable bonds is 1. The van der Waals surface area contributed by atoms with Gasteiger partial charge in [-0.15, -0.1) is 0 Å². The molecule has 5 heteroatoms. The highest BCUT2D eigenvalue weighted by Gasteiger charge is 1.89. The molecule has 0 rings (SSSR count). The molecule has 0 aromatic carbocycles. The van der Waals surface area contributed by atoms with Crippen molar-refractivity contribution in [1.82, 2.24) is 5.32 Å². The fourth-order valence-electron chi connectivity index (χ4n) is 0.203. The van der Waals surface area contributed by atoms with Crippen molar-refractivity contribution in [2.75, 3.05) is 13.7 Å². The van der Waals surface area contributed by atoms with E-state index in [1.807, 2.05) is 0 Å². The molecule has 11 heavy (non-hydrogen) atoms. The van der Waals surface area contributed by atoms with Gasteiger partial charge in [-0.1, -0.05) is 0 Å². The maximum absolute atomic E-state index is 10.1. The number of carboxylic acids is 1. The minimum atomic E-state index is -0.833. The van der Waals surface area contributed by atoms with Crippen LogP contribution in [0.2, 0.25) is 0 Å². The minimum Gasteiger partial charge on any atom is -0.481 e. The maximum Gasteiger partial charge on any atom is 0.406 e. The Labute approximate surface area is 65.4 Å². The van der Waals surface area contributed by atoms with Crippen LogP contribution in [-0.2, 0) is 9.53 Å². The summed E-state index contributed by atoms with van der Waals surface area (Å²) in [5.74, 6) is -0.833. The van der Waals surface area contributed by atoms with Crippen molar-refractivity contribution in [2.24, 2.45) is 0 Å². The monoisotopic (exact) mass is 163 g/mol. The zero-order valence-electron chi connectivity index (χ0n) is 6.88. The van der Waals surface area contributed by atoms with E-state index in [-0.39, 0.29) is 6.09 Å². The van der Waals surface area contributed by atoms with Crippen molar-refractivity contribution < 1.29 is 19.4 Å². The van der Waals surface area contributed by atoms with Crippen molar-refractivity contribution in [1.29, 1.82) is 0 Å². The van der Waals surface area contributed by atoms with E-state index in [9.17, 15) is 4.79 Å². The van der Waals surface area contributed by atoms with Gasteiger partial charge in [0, 0.05) is 14.0 Å². The van der Waals surface area contributed by atoms with Crippen molar-refractivity contribution in [3.05, 3.63) is 0 Å². The van der Waals surface area contributed by atoms with Gasteiger partial charge in [0.05, 0.1) is 6.61 Å². The number of carbonyl (C=O) groups excluding carboxylic acids is 1. The van der Waals surface area contributed by atoms with E-state index in [0.717, 1.165) is 6.92 Å². The predicted octanol–water partition coefficient (Wildman–Crippen LogP) is 0.453. The number of ether oxygens (including phenoxy) is 1. The third-order valence-corrected chi connectivity index (χ3v) is 0.480. The van der Waals surface area contributed by atoms with Gasteiger partial charge in [-0.05, 0) is 6.92 Å². The molecule has 0 unspecified atom stereocenters. The lowest BCUT2D eigenvalue weighted by Crippen LogP contribution is -2.18. The molecular formula is C6H13NO4. The number of hydrogen-bond acceptors (Lipinski definition) is 3. The Hall–Kier alpha value is -1.26. The van der Waals surface area contributed by atoms with Crippen LogP contribution in [0, 0.1) is 0 Å². The van der Waals surface area contributed by atoms with Gasteiger partial charge in [-0.3, -0.25) is 4.79 Å². The second-order valence-electron chi connectivity index (χ2n) is 1.49. The molecule has 0 aromatic rings. The second kappa shape index (κ2) is 8.74. The predicted molar refractivity (Wildman–Crippen MR) is 39.4 cm³/mol. The Kier molecular flexibility index (Phi) is 9.87. The topological polar surface area (TPSA) is 75.6 Å². The number of alkyl carbamates (subject to hydrolysis) is 1. The van der Waals surface area contributed by atoms with Gasteiger partial charge < -0.3 is 15.2 Å². The summed E-state index contributed by atoms with van der Waals surface area (Å²) in [6.45, 7) is 3.27. The normalized spacial score (nSPS) is 7.18. The largest absolute Gasteiger partial charge is 0.481 e. The number of nitrogens with one attached hydrogen (secondary N) is 1. The summed E-state index contributed by atoms with van der Waals surface area (Å²) in [6, 6.07) is 0. The zero-order chi connectivity index (χ0) is 9.28.